The van der Waals surface area contributed by atoms with E-state index in [2.05, 4.69) is 4.90 Å². The molecule has 1 atom stereocenters. The Bertz CT molecular complexity index is 896. The van der Waals surface area contributed by atoms with Gasteiger partial charge in [-0.05, 0) is 30.3 Å². The second kappa shape index (κ2) is 7.43. The number of para-hydroxylation sites is 1. The van der Waals surface area contributed by atoms with Crippen LogP contribution in [0.25, 0.3) is 0 Å². The van der Waals surface area contributed by atoms with E-state index < -0.39 is 29.5 Å². The zero-order valence-corrected chi connectivity index (χ0v) is 15.3. The van der Waals surface area contributed by atoms with Gasteiger partial charge in [0.1, 0.15) is 5.82 Å². The third-order valence-electron chi connectivity index (χ3n) is 5.27. The minimum atomic E-state index is -1.94. The fraction of sp³-hybridized carbons (Fsp3) is 0.333. The van der Waals surface area contributed by atoms with Crippen molar-refractivity contribution in [3.63, 3.8) is 0 Å². The average molecular weight is 384 g/mol. The molecule has 2 heterocycles. The van der Waals surface area contributed by atoms with Gasteiger partial charge in [-0.3, -0.25) is 19.4 Å². The van der Waals surface area contributed by atoms with Gasteiger partial charge in [0, 0.05) is 24.2 Å². The van der Waals surface area contributed by atoms with Crippen LogP contribution in [0.2, 0.25) is 0 Å². The Labute approximate surface area is 162 Å². The predicted molar refractivity (Wildman–Crippen MR) is 100 cm³/mol. The maximum atomic E-state index is 13.2. The summed E-state index contributed by atoms with van der Waals surface area (Å²) in [5.74, 6) is -1.39. The molecular formula is C21H21FN2O4. The number of carbonyl (C=O) groups excluding carboxylic acids is 2. The summed E-state index contributed by atoms with van der Waals surface area (Å²) in [5, 5.41) is 11.3. The summed E-state index contributed by atoms with van der Waals surface area (Å²) in [6, 6.07) is 12.1. The fourth-order valence-corrected chi connectivity index (χ4v) is 3.73. The molecule has 0 aromatic heterocycles. The molecule has 0 saturated carbocycles. The van der Waals surface area contributed by atoms with Gasteiger partial charge in [0.25, 0.3) is 5.91 Å². The Morgan fingerprint density at radius 3 is 2.50 bits per heavy atom. The maximum absolute atomic E-state index is 13.2. The summed E-state index contributed by atoms with van der Waals surface area (Å²) in [6.45, 7) is 2.90. The molecule has 1 amide bonds. The Balaban J connectivity index is 1.61. The average Bonchev–Trinajstić information content (AvgIpc) is 2.91. The second-order valence-corrected chi connectivity index (χ2v) is 7.09. The van der Waals surface area contributed by atoms with Crippen molar-refractivity contribution in [3.05, 3.63) is 65.5 Å². The van der Waals surface area contributed by atoms with E-state index in [1.54, 1.807) is 24.3 Å². The lowest BCUT2D eigenvalue weighted by atomic mass is 9.88. The van der Waals surface area contributed by atoms with Gasteiger partial charge in [0.15, 0.2) is 11.4 Å². The van der Waals surface area contributed by atoms with Crippen molar-refractivity contribution in [2.75, 3.05) is 37.9 Å². The summed E-state index contributed by atoms with van der Waals surface area (Å²) in [7, 11) is 0. The van der Waals surface area contributed by atoms with Crippen molar-refractivity contribution < 1.29 is 23.8 Å². The number of amides is 1. The lowest BCUT2D eigenvalue weighted by Gasteiger charge is -2.31. The van der Waals surface area contributed by atoms with E-state index in [4.69, 9.17) is 4.74 Å². The molecule has 2 aliphatic heterocycles. The van der Waals surface area contributed by atoms with Crippen molar-refractivity contribution in [2.45, 2.75) is 12.0 Å². The van der Waals surface area contributed by atoms with Gasteiger partial charge >= 0.3 is 0 Å². The SMILES string of the molecule is O=C(C[C@]1(O)C(=O)N(CN2CCOCC2)c2ccccc21)c1ccc(F)cc1. The number of carbonyl (C=O) groups is 2. The van der Waals surface area contributed by atoms with Gasteiger partial charge < -0.3 is 9.84 Å². The van der Waals surface area contributed by atoms with Crippen LogP contribution < -0.4 is 4.90 Å². The van der Waals surface area contributed by atoms with Gasteiger partial charge in [-0.1, -0.05) is 18.2 Å². The summed E-state index contributed by atoms with van der Waals surface area (Å²) >= 11 is 0. The van der Waals surface area contributed by atoms with E-state index in [-0.39, 0.29) is 5.56 Å². The van der Waals surface area contributed by atoms with Gasteiger partial charge in [-0.15, -0.1) is 0 Å². The highest BCUT2D eigenvalue weighted by atomic mass is 19.1. The maximum Gasteiger partial charge on any atom is 0.265 e. The van der Waals surface area contributed by atoms with E-state index in [0.29, 0.717) is 44.2 Å². The molecule has 2 aliphatic rings. The van der Waals surface area contributed by atoms with Gasteiger partial charge in [-0.2, -0.15) is 0 Å². The van der Waals surface area contributed by atoms with E-state index >= 15 is 0 Å². The van der Waals surface area contributed by atoms with Gasteiger partial charge in [0.2, 0.25) is 0 Å². The number of ketones is 1. The number of anilines is 1. The Morgan fingerprint density at radius 1 is 1.11 bits per heavy atom. The molecule has 0 bridgehead atoms. The minimum absolute atomic E-state index is 0.256. The number of halogens is 1. The molecule has 28 heavy (non-hydrogen) atoms. The molecule has 0 spiro atoms. The number of morpholine rings is 1. The largest absolute Gasteiger partial charge is 0.379 e. The number of Topliss-reactive ketones (excluding diaryl/α,β-unsaturated/α-hetero) is 1. The number of hydrogen-bond acceptors (Lipinski definition) is 5. The van der Waals surface area contributed by atoms with Crippen LogP contribution in [-0.4, -0.2) is 54.7 Å². The highest BCUT2D eigenvalue weighted by Gasteiger charge is 2.51. The van der Waals surface area contributed by atoms with Crippen molar-refractivity contribution in [1.29, 1.82) is 0 Å². The first-order chi connectivity index (χ1) is 13.5. The Morgan fingerprint density at radius 2 is 1.79 bits per heavy atom. The molecular weight excluding hydrogens is 363 g/mol. The van der Waals surface area contributed by atoms with Crippen LogP contribution in [0.3, 0.4) is 0 Å². The van der Waals surface area contributed by atoms with Gasteiger partial charge in [0.05, 0.1) is 32.0 Å². The number of ether oxygens (including phenoxy) is 1. The molecule has 1 saturated heterocycles. The van der Waals surface area contributed by atoms with Crippen molar-refractivity contribution in [3.8, 4) is 0 Å². The van der Waals surface area contributed by atoms with E-state index in [0.717, 1.165) is 0 Å². The Hall–Kier alpha value is -2.61. The van der Waals surface area contributed by atoms with Crippen LogP contribution in [0.15, 0.2) is 48.5 Å². The molecule has 0 radical (unpaired) electrons. The molecule has 0 unspecified atom stereocenters. The number of rotatable bonds is 5. The summed E-state index contributed by atoms with van der Waals surface area (Å²) in [5.41, 5.74) is -0.655. The highest BCUT2D eigenvalue weighted by Crippen LogP contribution is 2.42. The second-order valence-electron chi connectivity index (χ2n) is 7.09. The van der Waals surface area contributed by atoms with Crippen LogP contribution in [0.1, 0.15) is 22.3 Å². The lowest BCUT2D eigenvalue weighted by Crippen LogP contribution is -2.49. The summed E-state index contributed by atoms with van der Waals surface area (Å²) in [4.78, 5) is 29.5. The van der Waals surface area contributed by atoms with E-state index in [9.17, 15) is 19.1 Å². The molecule has 1 N–H and O–H groups in total. The number of aliphatic hydroxyl groups is 1. The molecule has 2 aromatic carbocycles. The number of hydrogen-bond donors (Lipinski definition) is 1. The third kappa shape index (κ3) is 3.32. The minimum Gasteiger partial charge on any atom is -0.379 e. The van der Waals surface area contributed by atoms with Crippen LogP contribution in [0.4, 0.5) is 10.1 Å². The van der Waals surface area contributed by atoms with Crippen LogP contribution >= 0.6 is 0 Å². The van der Waals surface area contributed by atoms with Crippen molar-refractivity contribution >= 4 is 17.4 Å². The molecule has 4 rings (SSSR count). The number of nitrogens with zero attached hydrogens (tertiary/aromatic N) is 2. The number of benzene rings is 2. The zero-order chi connectivity index (χ0) is 19.7. The smallest absolute Gasteiger partial charge is 0.265 e. The molecule has 7 heteroatoms. The Kier molecular flexibility index (Phi) is 4.97. The predicted octanol–water partition coefficient (Wildman–Crippen LogP) is 1.92. The molecule has 2 aromatic rings. The standard InChI is InChI=1S/C21H21FN2O4/c22-16-7-5-15(6-8-16)19(25)13-21(27)17-3-1-2-4-18(17)24(20(21)26)14-23-9-11-28-12-10-23/h1-8,27H,9-14H2/t21-/m1/s1. The van der Waals surface area contributed by atoms with E-state index in [1.165, 1.54) is 29.2 Å². The monoisotopic (exact) mass is 384 g/mol. The van der Waals surface area contributed by atoms with Crippen LogP contribution in [0, 0.1) is 5.82 Å². The lowest BCUT2D eigenvalue weighted by molar-refractivity contribution is -0.136. The first-order valence-electron chi connectivity index (χ1n) is 9.22. The molecule has 1 fully saturated rings. The van der Waals surface area contributed by atoms with Crippen LogP contribution in [0.5, 0.6) is 0 Å². The van der Waals surface area contributed by atoms with Crippen LogP contribution in [-0.2, 0) is 15.1 Å². The molecule has 6 nitrogen and oxygen atoms in total. The first-order valence-corrected chi connectivity index (χ1v) is 9.22. The summed E-state index contributed by atoms with van der Waals surface area (Å²) < 4.78 is 18.5. The molecule has 146 valence electrons. The van der Waals surface area contributed by atoms with Gasteiger partial charge in [-0.25, -0.2) is 4.39 Å². The first kappa shape index (κ1) is 18.7. The zero-order valence-electron chi connectivity index (χ0n) is 15.3. The quantitative estimate of drug-likeness (QED) is 0.798. The molecule has 0 aliphatic carbocycles. The fourth-order valence-electron chi connectivity index (χ4n) is 3.73. The third-order valence-corrected chi connectivity index (χ3v) is 5.27. The van der Waals surface area contributed by atoms with E-state index in [1.807, 2.05) is 0 Å². The topological polar surface area (TPSA) is 70.1 Å². The summed E-state index contributed by atoms with van der Waals surface area (Å²) in [6.07, 6.45) is -0.395. The highest BCUT2D eigenvalue weighted by molar-refractivity contribution is 6.10. The van der Waals surface area contributed by atoms with Crippen molar-refractivity contribution in [2.24, 2.45) is 0 Å². The number of fused-ring (bicyclic) bond motifs is 1. The van der Waals surface area contributed by atoms with Crippen molar-refractivity contribution in [1.82, 2.24) is 4.90 Å². The normalized spacial score (nSPS) is 22.4.